The summed E-state index contributed by atoms with van der Waals surface area (Å²) in [6.45, 7) is 0. The highest BCUT2D eigenvalue weighted by Gasteiger charge is 2.03. The number of fused-ring (bicyclic) bond motifs is 1. The molecule has 2 aliphatic carbocycles. The molecular weight excluding hydrogens is 135 g/mol. The molecule has 2 aliphatic rings. The molecular formula is C6H5O2P. The van der Waals surface area contributed by atoms with Gasteiger partial charge < -0.3 is 4.89 Å². The van der Waals surface area contributed by atoms with Crippen LogP contribution in [0.1, 0.15) is 0 Å². The van der Waals surface area contributed by atoms with Crippen LogP contribution in [0, 0.1) is 0 Å². The third-order valence-electron chi connectivity index (χ3n) is 1.22. The summed E-state index contributed by atoms with van der Waals surface area (Å²) >= 11 is 0. The Kier molecular flexibility index (Phi) is 1.93. The van der Waals surface area contributed by atoms with E-state index in [1.807, 2.05) is 0 Å². The van der Waals surface area contributed by atoms with Crippen molar-refractivity contribution in [3.8, 4) is 11.1 Å². The molecule has 2 rings (SSSR count). The minimum absolute atomic E-state index is 0.833. The largest absolute Gasteiger partial charge is 0.324 e. The first-order valence-corrected chi connectivity index (χ1v) is 3.22. The molecule has 0 aromatic rings. The number of hydrogen-bond acceptors (Lipinski definition) is 1. The topological polar surface area (TPSA) is 37.3 Å². The molecule has 0 bridgehead atoms. The van der Waals surface area contributed by atoms with E-state index in [1.165, 1.54) is 11.1 Å². The van der Waals surface area contributed by atoms with Gasteiger partial charge in [0.15, 0.2) is 0 Å². The molecule has 9 heavy (non-hydrogen) atoms. The van der Waals surface area contributed by atoms with Crippen LogP contribution in [-0.4, -0.2) is 4.89 Å². The molecule has 0 saturated carbocycles. The molecule has 0 spiro atoms. The lowest BCUT2D eigenvalue weighted by Crippen LogP contribution is -1.85. The standard InChI is InChI=1S/C6H4.HO2P/c1-2-6-4-3-5(1)6;1-3-2/h1-4H;(H,1,2). The van der Waals surface area contributed by atoms with Gasteiger partial charge in [0.1, 0.15) is 0 Å². The summed E-state index contributed by atoms with van der Waals surface area (Å²) in [5.41, 5.74) is 2.85. The summed E-state index contributed by atoms with van der Waals surface area (Å²) in [4.78, 5) is 6.99. The van der Waals surface area contributed by atoms with Crippen molar-refractivity contribution in [2.75, 3.05) is 0 Å². The second-order valence-electron chi connectivity index (χ2n) is 1.66. The Labute approximate surface area is 54.4 Å². The Bertz CT molecular complexity index is 184. The van der Waals surface area contributed by atoms with Gasteiger partial charge in [-0.1, -0.05) is 24.3 Å². The van der Waals surface area contributed by atoms with Crippen molar-refractivity contribution in [1.82, 2.24) is 0 Å². The monoisotopic (exact) mass is 140 g/mol. The molecule has 0 radical (unpaired) electrons. The van der Waals surface area contributed by atoms with Gasteiger partial charge in [0, 0.05) is 0 Å². The third kappa shape index (κ3) is 1.15. The van der Waals surface area contributed by atoms with E-state index < -0.39 is 8.69 Å². The molecule has 1 N–H and O–H groups in total. The quantitative estimate of drug-likeness (QED) is 0.567. The first-order chi connectivity index (χ1) is 4.38. The Morgan fingerprint density at radius 3 is 1.33 bits per heavy atom. The summed E-state index contributed by atoms with van der Waals surface area (Å²) in [5, 5.41) is 0. The van der Waals surface area contributed by atoms with Gasteiger partial charge in [-0.15, -0.1) is 0 Å². The Morgan fingerprint density at radius 1 is 1.11 bits per heavy atom. The van der Waals surface area contributed by atoms with Gasteiger partial charge in [0.2, 0.25) is 0 Å². The Balaban J connectivity index is 0.000000120. The van der Waals surface area contributed by atoms with Crippen LogP contribution in [0.2, 0.25) is 0 Å². The van der Waals surface area contributed by atoms with Crippen molar-refractivity contribution in [3.05, 3.63) is 24.3 Å². The van der Waals surface area contributed by atoms with Gasteiger partial charge in [0.25, 0.3) is 0 Å². The molecule has 0 aromatic carbocycles. The van der Waals surface area contributed by atoms with Crippen LogP contribution < -0.4 is 0 Å². The predicted molar refractivity (Wildman–Crippen MR) is 35.3 cm³/mol. The molecule has 0 aromatic heterocycles. The highest BCUT2D eigenvalue weighted by Crippen LogP contribution is 2.29. The molecule has 0 saturated heterocycles. The van der Waals surface area contributed by atoms with Gasteiger partial charge in [-0.05, 0) is 11.1 Å². The summed E-state index contributed by atoms with van der Waals surface area (Å²) < 4.78 is 8.46. The maximum absolute atomic E-state index is 8.46. The van der Waals surface area contributed by atoms with Crippen LogP contribution in [0.5, 0.6) is 0 Å². The van der Waals surface area contributed by atoms with E-state index in [4.69, 9.17) is 9.46 Å². The van der Waals surface area contributed by atoms with E-state index >= 15 is 0 Å². The van der Waals surface area contributed by atoms with Crippen molar-refractivity contribution < 1.29 is 9.46 Å². The van der Waals surface area contributed by atoms with Crippen LogP contribution in [0.3, 0.4) is 0 Å². The zero-order valence-corrected chi connectivity index (χ0v) is 5.51. The maximum atomic E-state index is 8.46. The predicted octanol–water partition coefficient (Wildman–Crippen LogP) is 1.85. The number of rotatable bonds is 0. The van der Waals surface area contributed by atoms with Crippen molar-refractivity contribution in [1.29, 1.82) is 0 Å². The highest BCUT2D eigenvalue weighted by molar-refractivity contribution is 7.16. The molecule has 0 amide bonds. The Morgan fingerprint density at radius 2 is 1.33 bits per heavy atom. The van der Waals surface area contributed by atoms with Gasteiger partial charge in [-0.25, -0.2) is 4.57 Å². The van der Waals surface area contributed by atoms with Gasteiger partial charge >= 0.3 is 8.69 Å². The van der Waals surface area contributed by atoms with Crippen LogP contribution >= 0.6 is 8.69 Å². The van der Waals surface area contributed by atoms with Crippen LogP contribution in [0.25, 0.3) is 11.1 Å². The zero-order chi connectivity index (χ0) is 6.69. The molecule has 2 nitrogen and oxygen atoms in total. The van der Waals surface area contributed by atoms with Crippen molar-refractivity contribution in [3.63, 3.8) is 0 Å². The highest BCUT2D eigenvalue weighted by atomic mass is 31.1. The van der Waals surface area contributed by atoms with Gasteiger partial charge in [-0.2, -0.15) is 0 Å². The molecule has 0 unspecified atom stereocenters. The fraction of sp³-hybridized carbons (Fsp3) is 0. The lowest BCUT2D eigenvalue weighted by Gasteiger charge is -2.10. The van der Waals surface area contributed by atoms with E-state index in [1.54, 1.807) is 0 Å². The van der Waals surface area contributed by atoms with Gasteiger partial charge in [0.05, 0.1) is 0 Å². The first kappa shape index (κ1) is 6.40. The van der Waals surface area contributed by atoms with Crippen LogP contribution in [0.4, 0.5) is 0 Å². The summed E-state index contributed by atoms with van der Waals surface area (Å²) in [5.74, 6) is 0. The van der Waals surface area contributed by atoms with E-state index in [0.29, 0.717) is 0 Å². The molecule has 0 heterocycles. The lowest BCUT2D eigenvalue weighted by molar-refractivity contribution is 0.524. The molecule has 0 fully saturated rings. The molecule has 3 heteroatoms. The number of hydrogen-bond donors (Lipinski definition) is 1. The SMILES string of the molecule is O=PO.c1cc2ccc1-2. The minimum Gasteiger partial charge on any atom is -0.310 e. The average Bonchev–Trinajstić information content (AvgIpc) is 1.81. The third-order valence-corrected chi connectivity index (χ3v) is 1.22. The first-order valence-electron chi connectivity index (χ1n) is 2.45. The minimum atomic E-state index is -0.833. The van der Waals surface area contributed by atoms with Crippen molar-refractivity contribution in [2.24, 2.45) is 0 Å². The fourth-order valence-corrected chi connectivity index (χ4v) is 0.663. The number of benzene rings is 1. The van der Waals surface area contributed by atoms with E-state index in [2.05, 4.69) is 24.3 Å². The van der Waals surface area contributed by atoms with E-state index in [9.17, 15) is 0 Å². The molecule has 46 valence electrons. The summed E-state index contributed by atoms with van der Waals surface area (Å²) in [6.07, 6.45) is 0. The van der Waals surface area contributed by atoms with Crippen molar-refractivity contribution in [2.45, 2.75) is 0 Å². The second kappa shape index (κ2) is 2.72. The fourth-order valence-electron chi connectivity index (χ4n) is 0.663. The van der Waals surface area contributed by atoms with E-state index in [-0.39, 0.29) is 0 Å². The average molecular weight is 140 g/mol. The van der Waals surface area contributed by atoms with Crippen molar-refractivity contribution >= 4 is 8.69 Å². The van der Waals surface area contributed by atoms with E-state index in [0.717, 1.165) is 0 Å². The molecule has 0 aliphatic heterocycles. The summed E-state index contributed by atoms with van der Waals surface area (Å²) in [7, 11) is -0.833. The zero-order valence-electron chi connectivity index (χ0n) is 4.61. The van der Waals surface area contributed by atoms with Crippen LogP contribution in [0.15, 0.2) is 24.3 Å². The van der Waals surface area contributed by atoms with Crippen LogP contribution in [-0.2, 0) is 4.57 Å². The summed E-state index contributed by atoms with van der Waals surface area (Å²) in [6, 6.07) is 8.48. The maximum Gasteiger partial charge on any atom is 0.324 e. The smallest absolute Gasteiger partial charge is 0.310 e. The lowest BCUT2D eigenvalue weighted by atomic mass is 9.95. The molecule has 0 atom stereocenters. The Hall–Kier alpha value is -0.720. The second-order valence-corrected chi connectivity index (χ2v) is 1.82. The normalized spacial score (nSPS) is 9.89. The van der Waals surface area contributed by atoms with Gasteiger partial charge in [-0.3, -0.25) is 0 Å².